The number of carbonyl (C=O) groups is 2. The number of rotatable bonds is 6. The molecular weight excluding hydrogens is 433 g/mol. The average Bonchev–Trinajstić information content (AvgIpc) is 3.33. The van der Waals surface area contributed by atoms with E-state index in [1.54, 1.807) is 6.07 Å². The predicted octanol–water partition coefficient (Wildman–Crippen LogP) is 4.24. The molecule has 0 unspecified atom stereocenters. The molecule has 0 radical (unpaired) electrons. The summed E-state index contributed by atoms with van der Waals surface area (Å²) in [5.41, 5.74) is 2.31. The molecule has 34 heavy (non-hydrogen) atoms. The molecule has 1 heterocycles. The van der Waals surface area contributed by atoms with Gasteiger partial charge in [0.15, 0.2) is 0 Å². The summed E-state index contributed by atoms with van der Waals surface area (Å²) in [5.74, 6) is 0.350. The van der Waals surface area contributed by atoms with Crippen LogP contribution >= 0.6 is 0 Å². The van der Waals surface area contributed by atoms with Gasteiger partial charge in [-0.05, 0) is 81.5 Å². The van der Waals surface area contributed by atoms with Crippen LogP contribution in [0.5, 0.6) is 0 Å². The van der Waals surface area contributed by atoms with E-state index in [2.05, 4.69) is 17.1 Å². The fourth-order valence-corrected chi connectivity index (χ4v) is 5.99. The van der Waals surface area contributed by atoms with Gasteiger partial charge in [0.05, 0.1) is 6.10 Å². The highest BCUT2D eigenvalue weighted by molar-refractivity contribution is 5.91. The van der Waals surface area contributed by atoms with Crippen LogP contribution < -0.4 is 5.32 Å². The Labute approximate surface area is 202 Å². The Balaban J connectivity index is 1.34. The van der Waals surface area contributed by atoms with Crippen molar-refractivity contribution in [3.05, 3.63) is 29.1 Å². The zero-order chi connectivity index (χ0) is 24.2. The van der Waals surface area contributed by atoms with Crippen molar-refractivity contribution in [2.75, 3.05) is 25.0 Å². The van der Waals surface area contributed by atoms with Crippen LogP contribution in [0.2, 0.25) is 0 Å². The molecule has 2 aliphatic carbocycles. The molecular formula is C27H40FN3O3. The summed E-state index contributed by atoms with van der Waals surface area (Å²) in [6.45, 7) is 6.89. The van der Waals surface area contributed by atoms with Gasteiger partial charge in [-0.2, -0.15) is 0 Å². The molecule has 1 aliphatic heterocycles. The van der Waals surface area contributed by atoms with E-state index in [1.807, 2.05) is 11.8 Å². The predicted molar refractivity (Wildman–Crippen MR) is 131 cm³/mol. The first-order valence-electron chi connectivity index (χ1n) is 13.1. The number of hydrogen-bond acceptors (Lipinski definition) is 4. The summed E-state index contributed by atoms with van der Waals surface area (Å²) in [4.78, 5) is 29.8. The van der Waals surface area contributed by atoms with Crippen molar-refractivity contribution in [1.82, 2.24) is 9.80 Å². The van der Waals surface area contributed by atoms with E-state index in [1.165, 1.54) is 6.07 Å². The summed E-state index contributed by atoms with van der Waals surface area (Å²) in [7, 11) is 0. The second kappa shape index (κ2) is 11.2. The fourth-order valence-electron chi connectivity index (χ4n) is 5.99. The molecule has 1 aromatic carbocycles. The molecule has 3 aliphatic rings. The Morgan fingerprint density at radius 1 is 1.09 bits per heavy atom. The maximum Gasteiger partial charge on any atom is 0.226 e. The van der Waals surface area contributed by atoms with Gasteiger partial charge in [-0.1, -0.05) is 12.8 Å². The van der Waals surface area contributed by atoms with Crippen molar-refractivity contribution in [2.45, 2.75) is 90.3 Å². The quantitative estimate of drug-likeness (QED) is 0.648. The van der Waals surface area contributed by atoms with Crippen LogP contribution in [0.1, 0.15) is 75.8 Å². The van der Waals surface area contributed by atoms with E-state index in [0.29, 0.717) is 31.1 Å². The fraction of sp³-hybridized carbons (Fsp3) is 0.704. The molecule has 3 fully saturated rings. The largest absolute Gasteiger partial charge is 0.393 e. The highest BCUT2D eigenvalue weighted by Gasteiger charge is 2.33. The lowest BCUT2D eigenvalue weighted by atomic mass is 9.85. The topological polar surface area (TPSA) is 72.9 Å². The molecule has 4 rings (SSSR count). The molecule has 0 bridgehead atoms. The minimum atomic E-state index is -0.347. The number of nitrogens with zero attached hydrogens (tertiary/aromatic N) is 2. The third-order valence-corrected chi connectivity index (χ3v) is 8.14. The molecule has 1 atom stereocenters. The minimum absolute atomic E-state index is 0.0892. The van der Waals surface area contributed by atoms with Crippen molar-refractivity contribution in [3.63, 3.8) is 0 Å². The van der Waals surface area contributed by atoms with Crippen molar-refractivity contribution < 1.29 is 19.1 Å². The number of carbonyl (C=O) groups excluding carboxylic acids is 2. The molecule has 2 saturated carbocycles. The number of halogens is 1. The van der Waals surface area contributed by atoms with Gasteiger partial charge >= 0.3 is 0 Å². The Bertz CT molecular complexity index is 878. The lowest BCUT2D eigenvalue weighted by molar-refractivity contribution is -0.140. The smallest absolute Gasteiger partial charge is 0.226 e. The second-order valence-electron chi connectivity index (χ2n) is 10.8. The number of anilines is 1. The van der Waals surface area contributed by atoms with E-state index >= 15 is 0 Å². The van der Waals surface area contributed by atoms with Crippen molar-refractivity contribution in [1.29, 1.82) is 0 Å². The van der Waals surface area contributed by atoms with Gasteiger partial charge in [0.1, 0.15) is 5.82 Å². The van der Waals surface area contributed by atoms with Gasteiger partial charge in [0.2, 0.25) is 11.8 Å². The van der Waals surface area contributed by atoms with E-state index in [4.69, 9.17) is 0 Å². The Morgan fingerprint density at radius 3 is 2.47 bits per heavy atom. The van der Waals surface area contributed by atoms with E-state index in [-0.39, 0.29) is 35.7 Å². The van der Waals surface area contributed by atoms with Crippen LogP contribution in [0.3, 0.4) is 0 Å². The SMILES string of the molecule is Cc1c(CN2CCN(C(=O)C3CCCC3)[C@@H](C)C2)cc(F)cc1NC(=O)C[C@H]1CC[C@H](O)CC1. The van der Waals surface area contributed by atoms with Crippen LogP contribution in [-0.2, 0) is 16.1 Å². The molecule has 1 saturated heterocycles. The Morgan fingerprint density at radius 2 is 1.79 bits per heavy atom. The van der Waals surface area contributed by atoms with Crippen molar-refractivity contribution >= 4 is 17.5 Å². The number of piperazine rings is 1. The number of benzene rings is 1. The summed E-state index contributed by atoms with van der Waals surface area (Å²) in [6.07, 6.45) is 7.74. The lowest BCUT2D eigenvalue weighted by Gasteiger charge is -2.41. The Hall–Kier alpha value is -1.99. The maximum atomic E-state index is 14.5. The third kappa shape index (κ3) is 6.16. The first kappa shape index (κ1) is 25.1. The number of nitrogens with one attached hydrogen (secondary N) is 1. The summed E-state index contributed by atoms with van der Waals surface area (Å²) >= 11 is 0. The summed E-state index contributed by atoms with van der Waals surface area (Å²) in [5, 5.41) is 12.6. The highest BCUT2D eigenvalue weighted by Crippen LogP contribution is 2.30. The zero-order valence-electron chi connectivity index (χ0n) is 20.7. The van der Waals surface area contributed by atoms with E-state index in [9.17, 15) is 19.1 Å². The van der Waals surface area contributed by atoms with Gasteiger partial charge in [0, 0.05) is 50.2 Å². The number of aliphatic hydroxyl groups is 1. The first-order chi connectivity index (χ1) is 16.3. The Kier molecular flexibility index (Phi) is 8.25. The lowest BCUT2D eigenvalue weighted by Crippen LogP contribution is -2.54. The second-order valence-corrected chi connectivity index (χ2v) is 10.8. The third-order valence-electron chi connectivity index (χ3n) is 8.14. The molecule has 1 aromatic rings. The molecule has 7 heteroatoms. The van der Waals surface area contributed by atoms with Crippen LogP contribution in [0.15, 0.2) is 12.1 Å². The van der Waals surface area contributed by atoms with Crippen LogP contribution in [0, 0.1) is 24.6 Å². The molecule has 0 spiro atoms. The van der Waals surface area contributed by atoms with Crippen LogP contribution in [0.4, 0.5) is 10.1 Å². The molecule has 6 nitrogen and oxygen atoms in total. The van der Waals surface area contributed by atoms with Gasteiger partial charge in [0.25, 0.3) is 0 Å². The van der Waals surface area contributed by atoms with Gasteiger partial charge in [-0.15, -0.1) is 0 Å². The van der Waals surface area contributed by atoms with Crippen molar-refractivity contribution in [2.24, 2.45) is 11.8 Å². The normalized spacial score (nSPS) is 26.6. The first-order valence-corrected chi connectivity index (χ1v) is 13.1. The number of aliphatic hydroxyl groups excluding tert-OH is 1. The highest BCUT2D eigenvalue weighted by atomic mass is 19.1. The minimum Gasteiger partial charge on any atom is -0.393 e. The molecule has 2 amide bonds. The number of amides is 2. The standard InChI is InChI=1S/C27H40FN3O3/c1-18-16-30(11-12-31(18)27(34)21-5-3-4-6-21)17-22-14-23(28)15-25(19(22)2)29-26(33)13-20-7-9-24(32)10-8-20/h14-15,18,20-21,24,32H,3-13,16-17H2,1-2H3,(H,29,33)/t18-,20-,24-/m0/s1. The maximum absolute atomic E-state index is 14.5. The van der Waals surface area contributed by atoms with Crippen LogP contribution in [0.25, 0.3) is 0 Å². The monoisotopic (exact) mass is 473 g/mol. The van der Waals surface area contributed by atoms with Gasteiger partial charge in [-0.3, -0.25) is 14.5 Å². The average molecular weight is 474 g/mol. The summed E-state index contributed by atoms with van der Waals surface area (Å²) < 4.78 is 14.5. The molecule has 2 N–H and O–H groups in total. The van der Waals surface area contributed by atoms with E-state index in [0.717, 1.165) is 75.6 Å². The van der Waals surface area contributed by atoms with E-state index < -0.39 is 0 Å². The summed E-state index contributed by atoms with van der Waals surface area (Å²) in [6, 6.07) is 3.11. The van der Waals surface area contributed by atoms with Crippen molar-refractivity contribution in [3.8, 4) is 0 Å². The molecule has 188 valence electrons. The van der Waals surface area contributed by atoms with Crippen LogP contribution in [-0.4, -0.2) is 58.5 Å². The van der Waals surface area contributed by atoms with Gasteiger partial charge < -0.3 is 15.3 Å². The van der Waals surface area contributed by atoms with Gasteiger partial charge in [-0.25, -0.2) is 4.39 Å². The molecule has 0 aromatic heterocycles. The number of hydrogen-bond donors (Lipinski definition) is 2. The zero-order valence-corrected chi connectivity index (χ0v) is 20.7.